The number of Topliss-reactive ketones (excluding diaryl/α,β-unsaturated/α-hetero) is 1. The molecular weight excluding hydrogens is 344 g/mol. The van der Waals surface area contributed by atoms with Crippen LogP contribution in [0.5, 0.6) is 0 Å². The molecule has 1 atom stereocenters. The third kappa shape index (κ3) is 3.73. The summed E-state index contributed by atoms with van der Waals surface area (Å²) < 4.78 is 2.40. The molecular formula is C20H26N4O3. The van der Waals surface area contributed by atoms with Crippen LogP contribution in [0.1, 0.15) is 42.6 Å². The van der Waals surface area contributed by atoms with Crippen molar-refractivity contribution in [1.29, 1.82) is 0 Å². The molecule has 0 saturated carbocycles. The standard InChI is InChI=1S/C20H26N4O3/c1-3-23-19(26)17(16(25)13-22-11-7-8-14(22)2)18(21)24(20(23)27)12-15-9-5-4-6-10-15/h4-6,9-10,14H,3,7-8,11-13,21H2,1-2H3. The van der Waals surface area contributed by atoms with Gasteiger partial charge in [0.15, 0.2) is 5.78 Å². The molecule has 7 nitrogen and oxygen atoms in total. The van der Waals surface area contributed by atoms with Crippen molar-refractivity contribution in [1.82, 2.24) is 14.0 Å². The van der Waals surface area contributed by atoms with Crippen molar-refractivity contribution in [2.75, 3.05) is 18.8 Å². The van der Waals surface area contributed by atoms with Crippen molar-refractivity contribution in [2.45, 2.75) is 45.8 Å². The van der Waals surface area contributed by atoms with Gasteiger partial charge in [0.2, 0.25) is 0 Å². The van der Waals surface area contributed by atoms with Crippen LogP contribution in [0.15, 0.2) is 39.9 Å². The molecule has 0 aliphatic carbocycles. The summed E-state index contributed by atoms with van der Waals surface area (Å²) >= 11 is 0. The lowest BCUT2D eigenvalue weighted by Crippen LogP contribution is -2.45. The van der Waals surface area contributed by atoms with E-state index in [9.17, 15) is 14.4 Å². The van der Waals surface area contributed by atoms with Gasteiger partial charge in [-0.05, 0) is 38.8 Å². The summed E-state index contributed by atoms with van der Waals surface area (Å²) in [5, 5.41) is 0. The molecule has 2 heterocycles. The smallest absolute Gasteiger partial charge is 0.332 e. The Morgan fingerprint density at radius 2 is 1.89 bits per heavy atom. The summed E-state index contributed by atoms with van der Waals surface area (Å²) in [5.74, 6) is -0.370. The van der Waals surface area contributed by atoms with Crippen LogP contribution >= 0.6 is 0 Å². The highest BCUT2D eigenvalue weighted by atomic mass is 16.2. The van der Waals surface area contributed by atoms with Crippen LogP contribution < -0.4 is 17.0 Å². The SMILES string of the molecule is CCn1c(=O)c(C(=O)CN2CCCC2C)c(N)n(Cc2ccccc2)c1=O. The normalized spacial score (nSPS) is 17.3. The zero-order chi connectivity index (χ0) is 19.6. The van der Waals surface area contributed by atoms with E-state index in [0.29, 0.717) is 6.04 Å². The van der Waals surface area contributed by atoms with E-state index in [0.717, 1.165) is 29.5 Å². The fourth-order valence-electron chi connectivity index (χ4n) is 3.67. The molecule has 1 aliphatic heterocycles. The number of nitrogens with two attached hydrogens (primary N) is 1. The van der Waals surface area contributed by atoms with Crippen molar-refractivity contribution in [2.24, 2.45) is 0 Å². The van der Waals surface area contributed by atoms with E-state index in [1.165, 1.54) is 4.57 Å². The first-order valence-corrected chi connectivity index (χ1v) is 9.38. The second-order valence-corrected chi connectivity index (χ2v) is 7.05. The summed E-state index contributed by atoms with van der Waals surface area (Å²) in [6.45, 7) is 5.17. The van der Waals surface area contributed by atoms with Crippen LogP contribution in [0.3, 0.4) is 0 Å². The number of carbonyl (C=O) groups is 1. The Labute approximate surface area is 158 Å². The van der Waals surface area contributed by atoms with Gasteiger partial charge in [-0.3, -0.25) is 23.6 Å². The number of nitrogens with zero attached hydrogens (tertiary/aromatic N) is 3. The van der Waals surface area contributed by atoms with Crippen LogP contribution in [0, 0.1) is 0 Å². The molecule has 2 aromatic rings. The highest BCUT2D eigenvalue weighted by Crippen LogP contribution is 2.17. The van der Waals surface area contributed by atoms with E-state index < -0.39 is 11.2 Å². The minimum absolute atomic E-state index is 0.0459. The van der Waals surface area contributed by atoms with Crippen molar-refractivity contribution in [3.63, 3.8) is 0 Å². The fourth-order valence-corrected chi connectivity index (χ4v) is 3.67. The third-order valence-electron chi connectivity index (χ3n) is 5.28. The Kier molecular flexibility index (Phi) is 5.60. The molecule has 3 rings (SSSR count). The number of carbonyl (C=O) groups excluding carboxylic acids is 1. The van der Waals surface area contributed by atoms with Gasteiger partial charge >= 0.3 is 5.69 Å². The number of rotatable bonds is 6. The van der Waals surface area contributed by atoms with Crippen LogP contribution in [0.2, 0.25) is 0 Å². The topological polar surface area (TPSA) is 90.3 Å². The van der Waals surface area contributed by atoms with Gasteiger partial charge in [-0.1, -0.05) is 30.3 Å². The van der Waals surface area contributed by atoms with E-state index in [4.69, 9.17) is 5.73 Å². The molecule has 0 amide bonds. The van der Waals surface area contributed by atoms with E-state index in [1.54, 1.807) is 6.92 Å². The first kappa shape index (κ1) is 19.1. The predicted octanol–water partition coefficient (Wildman–Crippen LogP) is 1.33. The lowest BCUT2D eigenvalue weighted by Gasteiger charge is -2.21. The molecule has 144 valence electrons. The molecule has 2 N–H and O–H groups in total. The summed E-state index contributed by atoms with van der Waals surface area (Å²) in [6, 6.07) is 9.68. The summed E-state index contributed by atoms with van der Waals surface area (Å²) in [7, 11) is 0. The molecule has 1 aromatic heterocycles. The monoisotopic (exact) mass is 370 g/mol. The molecule has 1 aliphatic rings. The first-order valence-electron chi connectivity index (χ1n) is 9.38. The number of anilines is 1. The maximum atomic E-state index is 12.9. The zero-order valence-electron chi connectivity index (χ0n) is 15.9. The van der Waals surface area contributed by atoms with Gasteiger partial charge in [0.25, 0.3) is 5.56 Å². The van der Waals surface area contributed by atoms with E-state index in [-0.39, 0.29) is 36.8 Å². The van der Waals surface area contributed by atoms with Gasteiger partial charge < -0.3 is 5.73 Å². The van der Waals surface area contributed by atoms with E-state index >= 15 is 0 Å². The zero-order valence-corrected chi connectivity index (χ0v) is 15.9. The van der Waals surface area contributed by atoms with Gasteiger partial charge in [-0.15, -0.1) is 0 Å². The lowest BCUT2D eigenvalue weighted by atomic mass is 10.1. The Morgan fingerprint density at radius 3 is 2.48 bits per heavy atom. The fraction of sp³-hybridized carbons (Fsp3) is 0.450. The van der Waals surface area contributed by atoms with Crippen molar-refractivity contribution >= 4 is 11.6 Å². The highest BCUT2D eigenvalue weighted by molar-refractivity contribution is 6.01. The molecule has 1 aromatic carbocycles. The van der Waals surface area contributed by atoms with Crippen LogP contribution in [-0.2, 0) is 13.1 Å². The molecule has 0 radical (unpaired) electrons. The van der Waals surface area contributed by atoms with Crippen molar-refractivity contribution < 1.29 is 4.79 Å². The van der Waals surface area contributed by atoms with Gasteiger partial charge in [0.1, 0.15) is 11.4 Å². The average molecular weight is 370 g/mol. The Bertz CT molecular complexity index is 946. The predicted molar refractivity (Wildman–Crippen MR) is 105 cm³/mol. The van der Waals surface area contributed by atoms with Crippen molar-refractivity contribution in [3.05, 3.63) is 62.3 Å². The summed E-state index contributed by atoms with van der Waals surface area (Å²) in [4.78, 5) is 40.5. The molecule has 0 spiro atoms. The summed E-state index contributed by atoms with van der Waals surface area (Å²) in [6.07, 6.45) is 2.08. The number of likely N-dealkylation sites (tertiary alicyclic amines) is 1. The van der Waals surface area contributed by atoms with Gasteiger partial charge in [0.05, 0.1) is 13.1 Å². The Hall–Kier alpha value is -2.67. The van der Waals surface area contributed by atoms with Crippen molar-refractivity contribution in [3.8, 4) is 0 Å². The number of aromatic nitrogens is 2. The Balaban J connectivity index is 2.05. The summed E-state index contributed by atoms with van der Waals surface area (Å²) in [5.41, 5.74) is 5.89. The minimum Gasteiger partial charge on any atom is -0.384 e. The third-order valence-corrected chi connectivity index (χ3v) is 5.28. The quantitative estimate of drug-likeness (QED) is 0.775. The molecule has 27 heavy (non-hydrogen) atoms. The minimum atomic E-state index is -0.596. The maximum Gasteiger partial charge on any atom is 0.332 e. The lowest BCUT2D eigenvalue weighted by molar-refractivity contribution is 0.0924. The molecule has 0 bridgehead atoms. The van der Waals surface area contributed by atoms with E-state index in [2.05, 4.69) is 11.8 Å². The highest BCUT2D eigenvalue weighted by Gasteiger charge is 2.27. The second-order valence-electron chi connectivity index (χ2n) is 7.05. The largest absolute Gasteiger partial charge is 0.384 e. The second kappa shape index (κ2) is 7.92. The van der Waals surface area contributed by atoms with E-state index in [1.807, 2.05) is 30.3 Å². The molecule has 1 unspecified atom stereocenters. The number of nitrogen functional groups attached to an aromatic ring is 1. The number of hydrogen-bond acceptors (Lipinski definition) is 5. The molecule has 1 saturated heterocycles. The molecule has 1 fully saturated rings. The maximum absolute atomic E-state index is 12.9. The average Bonchev–Trinajstić information content (AvgIpc) is 3.04. The van der Waals surface area contributed by atoms with Crippen LogP contribution in [-0.4, -0.2) is 38.9 Å². The van der Waals surface area contributed by atoms with Crippen LogP contribution in [0.4, 0.5) is 5.82 Å². The van der Waals surface area contributed by atoms with Gasteiger partial charge in [-0.2, -0.15) is 0 Å². The Morgan fingerprint density at radius 1 is 1.19 bits per heavy atom. The van der Waals surface area contributed by atoms with Gasteiger partial charge in [-0.25, -0.2) is 4.79 Å². The molecule has 7 heteroatoms. The van der Waals surface area contributed by atoms with Gasteiger partial charge in [0, 0.05) is 12.6 Å². The first-order chi connectivity index (χ1) is 12.9. The van der Waals surface area contributed by atoms with Crippen LogP contribution in [0.25, 0.3) is 0 Å². The number of hydrogen-bond donors (Lipinski definition) is 1. The number of benzene rings is 1. The number of ketones is 1.